The first-order chi connectivity index (χ1) is 8.30. The van der Waals surface area contributed by atoms with E-state index in [1.807, 2.05) is 0 Å². The SMILES string of the molecule is CN(CCO)S(=O)(=O)c1ccc(Cl)c([N+](=O)[O-])c1. The lowest BCUT2D eigenvalue weighted by Gasteiger charge is -2.15. The lowest BCUT2D eigenvalue weighted by atomic mass is 10.3. The van der Waals surface area contributed by atoms with Gasteiger partial charge in [0.25, 0.3) is 5.69 Å². The third-order valence-electron chi connectivity index (χ3n) is 2.24. The van der Waals surface area contributed by atoms with Crippen molar-refractivity contribution in [3.05, 3.63) is 33.3 Å². The molecule has 0 amide bonds. The van der Waals surface area contributed by atoms with Crippen LogP contribution in [0, 0.1) is 10.1 Å². The average molecular weight is 295 g/mol. The van der Waals surface area contributed by atoms with E-state index in [2.05, 4.69) is 0 Å². The Balaban J connectivity index is 3.26. The van der Waals surface area contributed by atoms with E-state index >= 15 is 0 Å². The van der Waals surface area contributed by atoms with E-state index in [4.69, 9.17) is 16.7 Å². The van der Waals surface area contributed by atoms with E-state index in [-0.39, 0.29) is 23.1 Å². The summed E-state index contributed by atoms with van der Waals surface area (Å²) in [5, 5.41) is 19.2. The van der Waals surface area contributed by atoms with Gasteiger partial charge >= 0.3 is 0 Å². The molecular formula is C9H11ClN2O5S. The van der Waals surface area contributed by atoms with Crippen LogP contribution in [0.4, 0.5) is 5.69 Å². The second-order valence-corrected chi connectivity index (χ2v) is 5.87. The van der Waals surface area contributed by atoms with Crippen LogP contribution in [0.1, 0.15) is 0 Å². The number of rotatable bonds is 5. The fraction of sp³-hybridized carbons (Fsp3) is 0.333. The zero-order valence-corrected chi connectivity index (χ0v) is 11.0. The van der Waals surface area contributed by atoms with Gasteiger partial charge in [-0.2, -0.15) is 4.31 Å². The third-order valence-corrected chi connectivity index (χ3v) is 4.41. The Bertz CT molecular complexity index is 560. The second kappa shape index (κ2) is 5.61. The summed E-state index contributed by atoms with van der Waals surface area (Å²) in [7, 11) is -2.59. The van der Waals surface area contributed by atoms with Crippen molar-refractivity contribution in [1.29, 1.82) is 0 Å². The summed E-state index contributed by atoms with van der Waals surface area (Å²) in [6.45, 7) is -0.440. The van der Waals surface area contributed by atoms with Gasteiger partial charge in [-0.15, -0.1) is 0 Å². The largest absolute Gasteiger partial charge is 0.395 e. The number of nitro benzene ring substituents is 1. The summed E-state index contributed by atoms with van der Waals surface area (Å²) in [6, 6.07) is 3.23. The van der Waals surface area contributed by atoms with Crippen LogP contribution in [0.5, 0.6) is 0 Å². The molecule has 0 aliphatic heterocycles. The van der Waals surface area contributed by atoms with Crippen molar-refractivity contribution in [2.45, 2.75) is 4.90 Å². The number of nitro groups is 1. The Morgan fingerprint density at radius 1 is 1.50 bits per heavy atom. The number of nitrogens with zero attached hydrogens (tertiary/aromatic N) is 2. The Morgan fingerprint density at radius 3 is 2.61 bits per heavy atom. The minimum absolute atomic E-state index is 0.0985. The smallest absolute Gasteiger partial charge is 0.289 e. The monoisotopic (exact) mass is 294 g/mol. The first-order valence-electron chi connectivity index (χ1n) is 4.82. The third kappa shape index (κ3) is 2.96. The van der Waals surface area contributed by atoms with Gasteiger partial charge in [0, 0.05) is 19.7 Å². The van der Waals surface area contributed by atoms with E-state index in [0.29, 0.717) is 0 Å². The molecule has 1 N–H and O–H groups in total. The number of halogens is 1. The predicted molar refractivity (Wildman–Crippen MR) is 65.0 cm³/mol. The summed E-state index contributed by atoms with van der Waals surface area (Å²) < 4.78 is 24.8. The zero-order valence-electron chi connectivity index (χ0n) is 9.41. The Labute approximate surface area is 109 Å². The van der Waals surface area contributed by atoms with Gasteiger partial charge in [0.1, 0.15) is 5.02 Å². The molecule has 100 valence electrons. The van der Waals surface area contributed by atoms with Crippen molar-refractivity contribution in [3.8, 4) is 0 Å². The van der Waals surface area contributed by atoms with Gasteiger partial charge in [-0.3, -0.25) is 10.1 Å². The highest BCUT2D eigenvalue weighted by molar-refractivity contribution is 7.89. The van der Waals surface area contributed by atoms with Crippen LogP contribution in [0.2, 0.25) is 5.02 Å². The van der Waals surface area contributed by atoms with Gasteiger partial charge < -0.3 is 5.11 Å². The molecule has 1 aromatic carbocycles. The molecule has 1 rings (SSSR count). The minimum Gasteiger partial charge on any atom is -0.395 e. The fourth-order valence-electron chi connectivity index (χ4n) is 1.23. The highest BCUT2D eigenvalue weighted by Gasteiger charge is 2.24. The molecule has 0 bridgehead atoms. The first-order valence-corrected chi connectivity index (χ1v) is 6.63. The van der Waals surface area contributed by atoms with Crippen LogP contribution in [0.15, 0.2) is 23.1 Å². The number of hydrogen-bond acceptors (Lipinski definition) is 5. The van der Waals surface area contributed by atoms with Gasteiger partial charge in [-0.05, 0) is 12.1 Å². The lowest BCUT2D eigenvalue weighted by Crippen LogP contribution is -2.29. The van der Waals surface area contributed by atoms with E-state index in [0.717, 1.165) is 16.4 Å². The molecule has 0 spiro atoms. The molecule has 0 aliphatic rings. The van der Waals surface area contributed by atoms with Crippen molar-refractivity contribution in [2.24, 2.45) is 0 Å². The Hall–Kier alpha value is -1.22. The lowest BCUT2D eigenvalue weighted by molar-refractivity contribution is -0.384. The Morgan fingerprint density at radius 2 is 2.11 bits per heavy atom. The molecule has 1 aromatic rings. The average Bonchev–Trinajstić information content (AvgIpc) is 2.29. The minimum atomic E-state index is -3.86. The van der Waals surface area contributed by atoms with E-state index in [1.165, 1.54) is 13.1 Å². The van der Waals surface area contributed by atoms with Crippen LogP contribution >= 0.6 is 11.6 Å². The van der Waals surface area contributed by atoms with Crippen molar-refractivity contribution < 1.29 is 18.4 Å². The van der Waals surface area contributed by atoms with Crippen molar-refractivity contribution in [1.82, 2.24) is 4.31 Å². The summed E-state index contributed by atoms with van der Waals surface area (Å²) in [4.78, 5) is 9.67. The first kappa shape index (κ1) is 14.8. The van der Waals surface area contributed by atoms with Crippen LogP contribution in [0.25, 0.3) is 0 Å². The summed E-state index contributed by atoms with van der Waals surface area (Å²) in [5.74, 6) is 0. The number of aliphatic hydroxyl groups is 1. The molecule has 0 radical (unpaired) electrons. The molecule has 0 fully saturated rings. The molecule has 0 unspecified atom stereocenters. The molecule has 0 aliphatic carbocycles. The standard InChI is InChI=1S/C9H11ClN2O5S/c1-11(4-5-13)18(16,17)7-2-3-8(10)9(6-7)12(14)15/h2-3,6,13H,4-5H2,1H3. The van der Waals surface area contributed by atoms with Crippen molar-refractivity contribution >= 4 is 27.3 Å². The topological polar surface area (TPSA) is 101 Å². The molecule has 0 aromatic heterocycles. The maximum absolute atomic E-state index is 12.0. The van der Waals surface area contributed by atoms with E-state index in [9.17, 15) is 18.5 Å². The highest BCUT2D eigenvalue weighted by atomic mass is 35.5. The number of hydrogen-bond donors (Lipinski definition) is 1. The van der Waals surface area contributed by atoms with Gasteiger partial charge in [-0.1, -0.05) is 11.6 Å². The maximum Gasteiger partial charge on any atom is 0.289 e. The number of benzene rings is 1. The van der Waals surface area contributed by atoms with Crippen LogP contribution < -0.4 is 0 Å². The zero-order chi connectivity index (χ0) is 13.9. The molecule has 0 saturated heterocycles. The summed E-state index contributed by atoms with van der Waals surface area (Å²) in [5.41, 5.74) is -0.477. The van der Waals surface area contributed by atoms with E-state index in [1.54, 1.807) is 0 Å². The van der Waals surface area contributed by atoms with Crippen LogP contribution in [-0.2, 0) is 10.0 Å². The number of likely N-dealkylation sites (N-methyl/N-ethyl adjacent to an activating group) is 1. The van der Waals surface area contributed by atoms with Crippen LogP contribution in [-0.4, -0.2) is 43.0 Å². The second-order valence-electron chi connectivity index (χ2n) is 3.42. The summed E-state index contributed by atoms with van der Waals surface area (Å²) >= 11 is 5.59. The fourth-order valence-corrected chi connectivity index (χ4v) is 2.60. The number of sulfonamides is 1. The van der Waals surface area contributed by atoms with Crippen LogP contribution in [0.3, 0.4) is 0 Å². The van der Waals surface area contributed by atoms with Gasteiger partial charge in [0.05, 0.1) is 16.4 Å². The normalized spacial score (nSPS) is 11.8. The maximum atomic E-state index is 12.0. The predicted octanol–water partition coefficient (Wildman–Crippen LogP) is 0.861. The highest BCUT2D eigenvalue weighted by Crippen LogP contribution is 2.28. The van der Waals surface area contributed by atoms with Gasteiger partial charge in [0.2, 0.25) is 10.0 Å². The van der Waals surface area contributed by atoms with Gasteiger partial charge in [-0.25, -0.2) is 8.42 Å². The van der Waals surface area contributed by atoms with Crippen molar-refractivity contribution in [3.63, 3.8) is 0 Å². The molecule has 0 heterocycles. The molecule has 18 heavy (non-hydrogen) atoms. The summed E-state index contributed by atoms with van der Waals surface area (Å²) in [6.07, 6.45) is 0. The quantitative estimate of drug-likeness (QED) is 0.641. The Kier molecular flexibility index (Phi) is 4.63. The molecule has 9 heteroatoms. The van der Waals surface area contributed by atoms with Crippen molar-refractivity contribution in [2.75, 3.05) is 20.2 Å². The number of aliphatic hydroxyl groups excluding tert-OH is 1. The van der Waals surface area contributed by atoms with E-state index < -0.39 is 20.6 Å². The molecular weight excluding hydrogens is 284 g/mol. The molecule has 0 atom stereocenters. The van der Waals surface area contributed by atoms with Gasteiger partial charge in [0.15, 0.2) is 0 Å². The molecule has 0 saturated carbocycles. The molecule has 7 nitrogen and oxygen atoms in total.